The van der Waals surface area contributed by atoms with E-state index in [2.05, 4.69) is 36.4 Å². The summed E-state index contributed by atoms with van der Waals surface area (Å²) in [5.41, 5.74) is 3.18. The van der Waals surface area contributed by atoms with E-state index >= 15 is 0 Å². The molecule has 0 fully saturated rings. The predicted molar refractivity (Wildman–Crippen MR) is 102 cm³/mol. The zero-order chi connectivity index (χ0) is 17.3. The Kier molecular flexibility index (Phi) is 5.13. The number of aryl methyl sites for hydroxylation is 1. The molecule has 0 radical (unpaired) electrons. The first-order chi connectivity index (χ1) is 11.5. The van der Waals surface area contributed by atoms with Gasteiger partial charge < -0.3 is 15.1 Å². The van der Waals surface area contributed by atoms with Gasteiger partial charge in [-0.2, -0.15) is 0 Å². The molecule has 3 rings (SSSR count). The van der Waals surface area contributed by atoms with Crippen molar-refractivity contribution >= 4 is 38.8 Å². The first-order valence-electron chi connectivity index (χ1n) is 8.04. The lowest BCUT2D eigenvalue weighted by molar-refractivity contribution is 0.448. The number of thiophene rings is 1. The van der Waals surface area contributed by atoms with Gasteiger partial charge in [-0.25, -0.2) is 4.98 Å². The van der Waals surface area contributed by atoms with E-state index in [1.807, 2.05) is 25.2 Å². The van der Waals surface area contributed by atoms with Crippen LogP contribution in [0, 0.1) is 12.8 Å². The summed E-state index contributed by atoms with van der Waals surface area (Å²) in [6, 6.07) is 6.03. The number of halogens is 1. The van der Waals surface area contributed by atoms with Crippen LogP contribution in [0.5, 0.6) is 0 Å². The Morgan fingerprint density at radius 2 is 2.17 bits per heavy atom. The van der Waals surface area contributed by atoms with Crippen LogP contribution >= 0.6 is 22.9 Å². The van der Waals surface area contributed by atoms with Crippen molar-refractivity contribution in [3.05, 3.63) is 45.8 Å². The van der Waals surface area contributed by atoms with Crippen LogP contribution in [0.15, 0.2) is 28.9 Å². The van der Waals surface area contributed by atoms with Gasteiger partial charge >= 0.3 is 0 Å². The molecule has 2 N–H and O–H groups in total. The lowest BCUT2D eigenvalue weighted by atomic mass is 10.0. The summed E-state index contributed by atoms with van der Waals surface area (Å²) in [6.45, 7) is 7.19. The zero-order valence-corrected chi connectivity index (χ0v) is 15.9. The van der Waals surface area contributed by atoms with Crippen LogP contribution in [0.1, 0.15) is 36.1 Å². The average Bonchev–Trinajstić information content (AvgIpc) is 3.15. The average molecular weight is 364 g/mol. The Labute approximate surface area is 151 Å². The number of furan rings is 1. The molecular formula is C18H22ClN3OS. The van der Waals surface area contributed by atoms with Crippen LogP contribution in [-0.2, 0) is 6.54 Å². The maximum Gasteiger partial charge on any atom is 0.131 e. The molecule has 6 heteroatoms. The third-order valence-electron chi connectivity index (χ3n) is 4.17. The first kappa shape index (κ1) is 17.3. The number of fused-ring (bicyclic) bond motifs is 1. The number of pyridine rings is 1. The van der Waals surface area contributed by atoms with Crippen molar-refractivity contribution in [1.29, 1.82) is 0 Å². The molecule has 0 unspecified atom stereocenters. The Balaban J connectivity index is 2.03. The van der Waals surface area contributed by atoms with E-state index in [4.69, 9.17) is 16.0 Å². The van der Waals surface area contributed by atoms with E-state index in [0.717, 1.165) is 21.7 Å². The van der Waals surface area contributed by atoms with Gasteiger partial charge in [0.2, 0.25) is 0 Å². The van der Waals surface area contributed by atoms with Crippen molar-refractivity contribution in [3.8, 4) is 0 Å². The van der Waals surface area contributed by atoms with Gasteiger partial charge in [-0.05, 0) is 37.6 Å². The molecule has 3 aromatic rings. The van der Waals surface area contributed by atoms with Crippen LogP contribution in [0.25, 0.3) is 10.2 Å². The smallest absolute Gasteiger partial charge is 0.131 e. The highest BCUT2D eigenvalue weighted by Gasteiger charge is 2.22. The molecule has 128 valence electrons. The normalized spacial score (nSPS) is 12.9. The van der Waals surface area contributed by atoms with Crippen LogP contribution in [-0.4, -0.2) is 12.0 Å². The molecule has 1 atom stereocenters. The Bertz CT molecular complexity index is 827. The van der Waals surface area contributed by atoms with E-state index in [1.165, 1.54) is 10.4 Å². The van der Waals surface area contributed by atoms with Gasteiger partial charge in [0.05, 0.1) is 28.7 Å². The Morgan fingerprint density at radius 1 is 1.38 bits per heavy atom. The number of nitrogens with zero attached hydrogens (tertiary/aromatic N) is 1. The fourth-order valence-corrected chi connectivity index (χ4v) is 4.67. The van der Waals surface area contributed by atoms with Crippen molar-refractivity contribution in [3.63, 3.8) is 0 Å². The molecule has 3 aromatic heterocycles. The number of aromatic nitrogens is 1. The molecule has 4 nitrogen and oxygen atoms in total. The second-order valence-electron chi connectivity index (χ2n) is 6.20. The van der Waals surface area contributed by atoms with Crippen molar-refractivity contribution in [2.24, 2.45) is 5.92 Å². The van der Waals surface area contributed by atoms with Crippen molar-refractivity contribution in [2.45, 2.75) is 33.4 Å². The largest absolute Gasteiger partial charge is 0.467 e. The lowest BCUT2D eigenvalue weighted by Crippen LogP contribution is -2.21. The summed E-state index contributed by atoms with van der Waals surface area (Å²) >= 11 is 8.04. The first-order valence-corrected chi connectivity index (χ1v) is 9.23. The van der Waals surface area contributed by atoms with Gasteiger partial charge in [-0.15, -0.1) is 11.3 Å². The maximum absolute atomic E-state index is 6.26. The highest BCUT2D eigenvalue weighted by molar-refractivity contribution is 7.20. The number of hydrogen-bond acceptors (Lipinski definition) is 5. The summed E-state index contributed by atoms with van der Waals surface area (Å²) in [7, 11) is 2.00. The monoisotopic (exact) mass is 363 g/mol. The third kappa shape index (κ3) is 3.29. The van der Waals surface area contributed by atoms with Crippen molar-refractivity contribution in [1.82, 2.24) is 10.3 Å². The lowest BCUT2D eigenvalue weighted by Gasteiger charge is -2.19. The molecule has 0 spiro atoms. The van der Waals surface area contributed by atoms with E-state index < -0.39 is 0 Å². The third-order valence-corrected chi connectivity index (χ3v) is 5.76. The predicted octanol–water partition coefficient (Wildman–Crippen LogP) is 5.38. The molecule has 24 heavy (non-hydrogen) atoms. The molecular weight excluding hydrogens is 342 g/mol. The molecule has 0 bridgehead atoms. The minimum atomic E-state index is 0.306. The number of hydrogen-bond donors (Lipinski definition) is 2. The van der Waals surface area contributed by atoms with Crippen LogP contribution in [0.2, 0.25) is 5.15 Å². The van der Waals surface area contributed by atoms with Gasteiger partial charge in [0.15, 0.2) is 0 Å². The van der Waals surface area contributed by atoms with Gasteiger partial charge in [-0.3, -0.25) is 0 Å². The van der Waals surface area contributed by atoms with Crippen molar-refractivity contribution in [2.75, 3.05) is 12.4 Å². The summed E-state index contributed by atoms with van der Waals surface area (Å²) in [5, 5.41) is 7.35. The minimum Gasteiger partial charge on any atom is -0.467 e. The quantitative estimate of drug-likeness (QED) is 0.577. The number of nitrogens with one attached hydrogen (secondary N) is 2. The Morgan fingerprint density at radius 3 is 2.79 bits per heavy atom. The van der Waals surface area contributed by atoms with Gasteiger partial charge in [0.1, 0.15) is 10.9 Å². The van der Waals surface area contributed by atoms with Gasteiger partial charge in [-0.1, -0.05) is 25.4 Å². The highest BCUT2D eigenvalue weighted by Crippen LogP contribution is 2.40. The number of anilines is 1. The molecule has 0 amide bonds. The highest BCUT2D eigenvalue weighted by atomic mass is 35.5. The van der Waals surface area contributed by atoms with E-state index in [1.54, 1.807) is 17.6 Å². The fourth-order valence-electron chi connectivity index (χ4n) is 2.95. The molecule has 3 heterocycles. The molecule has 0 aliphatic carbocycles. The molecule has 0 saturated carbocycles. The zero-order valence-electron chi connectivity index (χ0n) is 14.3. The van der Waals surface area contributed by atoms with Crippen LogP contribution < -0.4 is 10.6 Å². The van der Waals surface area contributed by atoms with Crippen molar-refractivity contribution < 1.29 is 4.42 Å². The Hall–Kier alpha value is -1.56. The number of rotatable bonds is 6. The summed E-state index contributed by atoms with van der Waals surface area (Å²) < 4.78 is 6.53. The molecule has 0 aliphatic heterocycles. The second kappa shape index (κ2) is 7.13. The molecule has 0 aromatic carbocycles. The van der Waals surface area contributed by atoms with Crippen LogP contribution in [0.3, 0.4) is 0 Å². The minimum absolute atomic E-state index is 0.306. The van der Waals surface area contributed by atoms with E-state index in [-0.39, 0.29) is 0 Å². The van der Waals surface area contributed by atoms with Crippen LogP contribution in [0.4, 0.5) is 5.69 Å². The topological polar surface area (TPSA) is 50.1 Å². The molecule has 0 aliphatic rings. The summed E-state index contributed by atoms with van der Waals surface area (Å²) in [6.07, 6.45) is 1.68. The van der Waals surface area contributed by atoms with E-state index in [9.17, 15) is 0 Å². The molecule has 0 saturated heterocycles. The maximum atomic E-state index is 6.26. The summed E-state index contributed by atoms with van der Waals surface area (Å²) in [4.78, 5) is 5.88. The van der Waals surface area contributed by atoms with E-state index in [0.29, 0.717) is 23.7 Å². The van der Waals surface area contributed by atoms with Gasteiger partial charge in [0, 0.05) is 17.0 Å². The standard InChI is InChI=1S/C18H22ClN3OS/c1-10(2)15(20-4)17-11(3)16-18(24-17)13(8-14(19)22-16)21-9-12-6-5-7-23-12/h5-8,10,15,20H,9H2,1-4H3,(H,21,22)/t15-/m0/s1. The SMILES string of the molecule is CN[C@H](c1sc2c(NCc3ccco3)cc(Cl)nc2c1C)C(C)C. The summed E-state index contributed by atoms with van der Waals surface area (Å²) in [5.74, 6) is 1.39. The second-order valence-corrected chi connectivity index (χ2v) is 7.64. The fraction of sp³-hybridized carbons (Fsp3) is 0.389. The van der Waals surface area contributed by atoms with Gasteiger partial charge in [0.25, 0.3) is 0 Å².